The first-order valence-electron chi connectivity index (χ1n) is 16.4. The van der Waals surface area contributed by atoms with Gasteiger partial charge in [0.2, 0.25) is 0 Å². The molecule has 14 nitrogen and oxygen atoms in total. The van der Waals surface area contributed by atoms with Crippen molar-refractivity contribution < 1.29 is 15.0 Å². The number of hydrogen-bond donors (Lipinski definition) is 3. The van der Waals surface area contributed by atoms with Crippen LogP contribution in [-0.4, -0.2) is 130 Å². The number of aliphatic hydroxyl groups excluding tert-OH is 2. The van der Waals surface area contributed by atoms with E-state index in [0.717, 1.165) is 69.6 Å². The summed E-state index contributed by atoms with van der Waals surface area (Å²) in [6, 6.07) is 9.27. The van der Waals surface area contributed by atoms with Crippen LogP contribution in [0.2, 0.25) is 5.02 Å². The number of aromatic nitrogens is 5. The van der Waals surface area contributed by atoms with Crippen LogP contribution < -0.4 is 20.0 Å². The first kappa shape index (κ1) is 34.9. The predicted octanol–water partition coefficient (Wildman–Crippen LogP) is 3.25. The van der Waals surface area contributed by atoms with Crippen LogP contribution in [-0.2, 0) is 0 Å². The van der Waals surface area contributed by atoms with E-state index in [9.17, 15) is 15.0 Å². The molecule has 0 atom stereocenters. The summed E-state index contributed by atoms with van der Waals surface area (Å²) in [6.45, 7) is 13.6. The van der Waals surface area contributed by atoms with Gasteiger partial charge in [0.1, 0.15) is 39.8 Å². The minimum atomic E-state index is -0.320. The molecule has 4 aromatic rings. The zero-order valence-electron chi connectivity index (χ0n) is 28.0. The highest BCUT2D eigenvalue weighted by Gasteiger charge is 2.29. The monoisotopic (exact) mass is 707 g/mol. The Hall–Kier alpha value is -3.99. The van der Waals surface area contributed by atoms with Crippen molar-refractivity contribution in [3.05, 3.63) is 63.6 Å². The Labute approximate surface area is 295 Å². The fraction of sp³-hybridized carbons (Fsp3) is 0.455. The molecule has 0 unspecified atom stereocenters. The standard InChI is InChI=1S/C33H42ClN11O3S/c1-22-5-4-6-25(34)31(22)45(30-20-29(38-24(3)39-30)44-13-9-42(10-14-44)16-18-47)32(48)26-21-35-33(49-26)40-27-19-28(37-23(2)36-27)43-11-7-41(8-12-43)15-17-46/h4-6,19-21,46-47H,7-18H2,1-3H3,(H,35,36,37,40). The lowest BCUT2D eigenvalue weighted by Gasteiger charge is -2.35. The van der Waals surface area contributed by atoms with Gasteiger partial charge in [0, 0.05) is 77.6 Å². The lowest BCUT2D eigenvalue weighted by atomic mass is 10.1. The Bertz CT molecular complexity index is 1740. The molecule has 5 heterocycles. The molecule has 2 fully saturated rings. The number of nitrogens with zero attached hydrogens (tertiary/aromatic N) is 10. The van der Waals surface area contributed by atoms with E-state index >= 15 is 0 Å². The summed E-state index contributed by atoms with van der Waals surface area (Å²) in [7, 11) is 0. The van der Waals surface area contributed by atoms with Crippen LogP contribution in [0.3, 0.4) is 0 Å². The molecule has 0 radical (unpaired) electrons. The number of thiazole rings is 1. The predicted molar refractivity (Wildman–Crippen MR) is 193 cm³/mol. The molecule has 49 heavy (non-hydrogen) atoms. The smallest absolute Gasteiger partial charge is 0.275 e. The number of rotatable bonds is 11. The number of carbonyl (C=O) groups excluding carboxylic acids is 1. The first-order valence-corrected chi connectivity index (χ1v) is 17.6. The maximum absolute atomic E-state index is 14.5. The van der Waals surface area contributed by atoms with Gasteiger partial charge in [-0.1, -0.05) is 35.1 Å². The van der Waals surface area contributed by atoms with Crippen LogP contribution in [0, 0.1) is 20.8 Å². The molecule has 1 amide bonds. The van der Waals surface area contributed by atoms with Crippen molar-refractivity contribution in [3.63, 3.8) is 0 Å². The number of anilines is 6. The highest BCUT2D eigenvalue weighted by atomic mass is 35.5. The third-order valence-corrected chi connectivity index (χ3v) is 9.86. The number of aliphatic hydroxyl groups is 2. The van der Waals surface area contributed by atoms with E-state index in [-0.39, 0.29) is 19.1 Å². The Morgan fingerprint density at radius 1 is 0.857 bits per heavy atom. The van der Waals surface area contributed by atoms with E-state index in [4.69, 9.17) is 21.6 Å². The van der Waals surface area contributed by atoms with E-state index in [1.54, 1.807) is 17.2 Å². The van der Waals surface area contributed by atoms with Gasteiger partial charge in [0.25, 0.3) is 5.91 Å². The number of β-amino-alcohol motifs (C(OH)–C–C–N with tert-alkyl or cyclic N) is 2. The fourth-order valence-corrected chi connectivity index (χ4v) is 7.21. The van der Waals surface area contributed by atoms with Crippen molar-refractivity contribution >= 4 is 62.9 Å². The Morgan fingerprint density at radius 2 is 1.45 bits per heavy atom. The summed E-state index contributed by atoms with van der Waals surface area (Å²) in [5.41, 5.74) is 1.37. The molecule has 2 aliphatic rings. The third-order valence-electron chi connectivity index (χ3n) is 8.66. The number of halogens is 1. The van der Waals surface area contributed by atoms with Gasteiger partial charge in [0.15, 0.2) is 5.13 Å². The Morgan fingerprint density at radius 3 is 2.04 bits per heavy atom. The lowest BCUT2D eigenvalue weighted by Crippen LogP contribution is -2.47. The molecular formula is C33H42ClN11O3S. The summed E-state index contributed by atoms with van der Waals surface area (Å²) in [6.07, 6.45) is 1.55. The van der Waals surface area contributed by atoms with Gasteiger partial charge in [-0.2, -0.15) is 0 Å². The van der Waals surface area contributed by atoms with Crippen molar-refractivity contribution in [2.75, 3.05) is 98.7 Å². The zero-order chi connectivity index (χ0) is 34.5. The largest absolute Gasteiger partial charge is 0.395 e. The second kappa shape index (κ2) is 15.7. The van der Waals surface area contributed by atoms with Gasteiger partial charge >= 0.3 is 0 Å². The summed E-state index contributed by atoms with van der Waals surface area (Å²) in [5, 5.41) is 22.9. The molecular weight excluding hydrogens is 666 g/mol. The molecule has 2 aliphatic heterocycles. The Kier molecular flexibility index (Phi) is 11.2. The number of nitrogens with one attached hydrogen (secondary N) is 1. The summed E-state index contributed by atoms with van der Waals surface area (Å²) < 4.78 is 0. The van der Waals surface area contributed by atoms with Gasteiger partial charge < -0.3 is 25.3 Å². The van der Waals surface area contributed by atoms with Gasteiger partial charge in [-0.25, -0.2) is 24.9 Å². The highest BCUT2D eigenvalue weighted by Crippen LogP contribution is 2.38. The summed E-state index contributed by atoms with van der Waals surface area (Å²) >= 11 is 8.00. The zero-order valence-corrected chi connectivity index (χ0v) is 29.6. The molecule has 1 aromatic carbocycles. The number of benzene rings is 1. The SMILES string of the molecule is Cc1nc(Nc2ncc(C(=O)N(c3cc(N4CCN(CCO)CC4)nc(C)n3)c3c(C)cccc3Cl)s2)cc(N2CCN(CCO)CC2)n1. The third kappa shape index (κ3) is 8.25. The van der Waals surface area contributed by atoms with Crippen molar-refractivity contribution in [2.45, 2.75) is 20.8 Å². The fourth-order valence-electron chi connectivity index (χ4n) is 6.15. The molecule has 0 aliphatic carbocycles. The molecule has 6 rings (SSSR count). The van der Waals surface area contributed by atoms with Crippen LogP contribution in [0.25, 0.3) is 0 Å². The van der Waals surface area contributed by atoms with E-state index in [0.29, 0.717) is 57.1 Å². The maximum Gasteiger partial charge on any atom is 0.275 e. The second-order valence-corrected chi connectivity index (χ2v) is 13.5. The van der Waals surface area contributed by atoms with Crippen LogP contribution in [0.5, 0.6) is 0 Å². The molecule has 3 aromatic heterocycles. The summed E-state index contributed by atoms with van der Waals surface area (Å²) in [5.74, 6) is 3.38. The number of aryl methyl sites for hydroxylation is 3. The quantitative estimate of drug-likeness (QED) is 0.210. The van der Waals surface area contributed by atoms with Crippen molar-refractivity contribution in [2.24, 2.45) is 0 Å². The van der Waals surface area contributed by atoms with E-state index in [2.05, 4.69) is 39.9 Å². The van der Waals surface area contributed by atoms with Gasteiger partial charge in [0.05, 0.1) is 30.1 Å². The van der Waals surface area contributed by atoms with Crippen LogP contribution in [0.15, 0.2) is 36.5 Å². The molecule has 2 saturated heterocycles. The average Bonchev–Trinajstić information content (AvgIpc) is 3.55. The molecule has 0 spiro atoms. The average molecular weight is 708 g/mol. The molecule has 0 bridgehead atoms. The van der Waals surface area contributed by atoms with Gasteiger partial charge in [-0.05, 0) is 32.4 Å². The highest BCUT2D eigenvalue weighted by molar-refractivity contribution is 7.17. The number of para-hydroxylation sites is 1. The number of amides is 1. The molecule has 0 saturated carbocycles. The van der Waals surface area contributed by atoms with Crippen molar-refractivity contribution in [3.8, 4) is 0 Å². The van der Waals surface area contributed by atoms with Gasteiger partial charge in [-0.15, -0.1) is 0 Å². The van der Waals surface area contributed by atoms with E-state index in [1.807, 2.05) is 45.0 Å². The second-order valence-electron chi connectivity index (χ2n) is 12.1. The van der Waals surface area contributed by atoms with Crippen molar-refractivity contribution in [1.82, 2.24) is 34.7 Å². The minimum absolute atomic E-state index is 0.129. The summed E-state index contributed by atoms with van der Waals surface area (Å²) in [4.78, 5) is 48.5. The van der Waals surface area contributed by atoms with Gasteiger partial charge in [-0.3, -0.25) is 19.5 Å². The Balaban J connectivity index is 1.26. The van der Waals surface area contributed by atoms with E-state index < -0.39 is 0 Å². The van der Waals surface area contributed by atoms with Crippen LogP contribution in [0.4, 0.5) is 34.1 Å². The van der Waals surface area contributed by atoms with E-state index in [1.165, 1.54) is 11.3 Å². The maximum atomic E-state index is 14.5. The van der Waals surface area contributed by atoms with Crippen LogP contribution >= 0.6 is 22.9 Å². The molecule has 260 valence electrons. The molecule has 3 N–H and O–H groups in total. The molecule has 16 heteroatoms. The van der Waals surface area contributed by atoms with Crippen molar-refractivity contribution in [1.29, 1.82) is 0 Å². The first-order chi connectivity index (χ1) is 23.7. The number of carbonyl (C=O) groups is 1. The minimum Gasteiger partial charge on any atom is -0.395 e. The topological polar surface area (TPSA) is 150 Å². The lowest BCUT2D eigenvalue weighted by molar-refractivity contribution is 0.100. The van der Waals surface area contributed by atoms with Crippen LogP contribution in [0.1, 0.15) is 26.9 Å². The number of piperazine rings is 2. The normalized spacial score (nSPS) is 15.9. The number of hydrogen-bond acceptors (Lipinski definition) is 14.